The van der Waals surface area contributed by atoms with Crippen LogP contribution >= 0.6 is 15.9 Å². The van der Waals surface area contributed by atoms with Gasteiger partial charge in [0.05, 0.1) is 10.0 Å². The number of para-hydroxylation sites is 1. The molecule has 0 aliphatic heterocycles. The molecule has 6 heteroatoms. The Labute approximate surface area is 116 Å². The Morgan fingerprint density at radius 1 is 1.26 bits per heavy atom. The Bertz CT molecular complexity index is 590. The minimum atomic E-state index is -3.00. The largest absolute Gasteiger partial charge is 0.433 e. The lowest BCUT2D eigenvalue weighted by Gasteiger charge is -2.11. The van der Waals surface area contributed by atoms with Crippen LogP contribution in [-0.4, -0.2) is 17.4 Å². The third-order valence-electron chi connectivity index (χ3n) is 2.34. The number of carbonyl (C=O) groups excluding carboxylic acids is 1. The summed E-state index contributed by atoms with van der Waals surface area (Å²) in [5, 5.41) is 0. The van der Waals surface area contributed by atoms with Gasteiger partial charge >= 0.3 is 6.61 Å². The quantitative estimate of drug-likeness (QED) is 0.804. The van der Waals surface area contributed by atoms with Crippen LogP contribution in [0.3, 0.4) is 0 Å². The van der Waals surface area contributed by atoms with Crippen molar-refractivity contribution in [2.24, 2.45) is 0 Å². The fraction of sp³-hybridized carbons (Fsp3) is 0.0769. The topological polar surface area (TPSA) is 39.2 Å². The Morgan fingerprint density at radius 2 is 2.05 bits per heavy atom. The summed E-state index contributed by atoms with van der Waals surface area (Å²) < 4.78 is 29.5. The van der Waals surface area contributed by atoms with Crippen molar-refractivity contribution < 1.29 is 18.3 Å². The molecule has 0 amide bonds. The maximum Gasteiger partial charge on any atom is 0.387 e. The molecule has 0 unspecified atom stereocenters. The zero-order chi connectivity index (χ0) is 13.8. The Hall–Kier alpha value is -1.82. The summed E-state index contributed by atoms with van der Waals surface area (Å²) in [6.07, 6.45) is 2.89. The van der Waals surface area contributed by atoms with Gasteiger partial charge in [-0.05, 0) is 40.2 Å². The van der Waals surface area contributed by atoms with E-state index in [1.54, 1.807) is 18.2 Å². The van der Waals surface area contributed by atoms with E-state index in [0.29, 0.717) is 10.0 Å². The van der Waals surface area contributed by atoms with Gasteiger partial charge in [0.2, 0.25) is 0 Å². The van der Waals surface area contributed by atoms with Crippen molar-refractivity contribution in [3.05, 3.63) is 58.3 Å². The second kappa shape index (κ2) is 5.88. The van der Waals surface area contributed by atoms with Crippen LogP contribution in [0.5, 0.6) is 5.75 Å². The van der Waals surface area contributed by atoms with Gasteiger partial charge in [0.1, 0.15) is 0 Å². The first-order valence-electron chi connectivity index (χ1n) is 5.27. The Morgan fingerprint density at radius 3 is 2.68 bits per heavy atom. The van der Waals surface area contributed by atoms with Crippen LogP contribution in [0.15, 0.2) is 47.2 Å². The second-order valence-electron chi connectivity index (χ2n) is 3.57. The third-order valence-corrected chi connectivity index (χ3v) is 2.97. The lowest BCUT2D eigenvalue weighted by Crippen LogP contribution is -2.09. The molecule has 0 saturated carbocycles. The van der Waals surface area contributed by atoms with Gasteiger partial charge in [0.15, 0.2) is 11.5 Å². The summed E-state index contributed by atoms with van der Waals surface area (Å²) in [5.74, 6) is -0.601. The van der Waals surface area contributed by atoms with Crippen molar-refractivity contribution in [1.29, 1.82) is 0 Å². The maximum atomic E-state index is 12.4. The molecule has 98 valence electrons. The molecule has 0 aliphatic rings. The molecule has 0 saturated heterocycles. The number of ether oxygens (including phenoxy) is 1. The predicted molar refractivity (Wildman–Crippen MR) is 68.4 cm³/mol. The molecule has 1 aromatic heterocycles. The third kappa shape index (κ3) is 3.14. The normalized spacial score (nSPS) is 10.5. The number of alkyl halides is 2. The summed E-state index contributed by atoms with van der Waals surface area (Å²) in [6.45, 7) is -3.00. The summed E-state index contributed by atoms with van der Waals surface area (Å²) >= 11 is 3.09. The molecule has 1 aromatic carbocycles. The number of nitrogens with zero attached hydrogens (tertiary/aromatic N) is 1. The van der Waals surface area contributed by atoms with E-state index in [2.05, 4.69) is 25.7 Å². The van der Waals surface area contributed by atoms with Crippen LogP contribution in [0.25, 0.3) is 0 Å². The first-order valence-corrected chi connectivity index (χ1v) is 6.07. The number of ketones is 1. The molecule has 0 radical (unpaired) electrons. The van der Waals surface area contributed by atoms with Gasteiger partial charge < -0.3 is 4.74 Å². The number of halogens is 3. The van der Waals surface area contributed by atoms with E-state index in [1.807, 2.05) is 0 Å². The number of hydrogen-bond donors (Lipinski definition) is 0. The zero-order valence-electron chi connectivity index (χ0n) is 9.52. The minimum Gasteiger partial charge on any atom is -0.433 e. The maximum absolute atomic E-state index is 12.4. The SMILES string of the molecule is O=C(c1cccnc1)c1cccc(Br)c1OC(F)F. The van der Waals surface area contributed by atoms with E-state index in [1.165, 1.54) is 24.5 Å². The molecule has 0 aliphatic carbocycles. The highest BCUT2D eigenvalue weighted by molar-refractivity contribution is 9.10. The van der Waals surface area contributed by atoms with Crippen LogP contribution in [0.2, 0.25) is 0 Å². The van der Waals surface area contributed by atoms with Crippen LogP contribution in [0.1, 0.15) is 15.9 Å². The fourth-order valence-corrected chi connectivity index (χ4v) is 2.01. The molecule has 0 bridgehead atoms. The Kier molecular flexibility index (Phi) is 4.21. The van der Waals surface area contributed by atoms with Crippen LogP contribution in [0, 0.1) is 0 Å². The monoisotopic (exact) mass is 327 g/mol. The summed E-state index contributed by atoms with van der Waals surface area (Å²) in [6, 6.07) is 7.68. The second-order valence-corrected chi connectivity index (χ2v) is 4.42. The molecule has 0 fully saturated rings. The average molecular weight is 328 g/mol. The van der Waals surface area contributed by atoms with Crippen LogP contribution in [0.4, 0.5) is 8.78 Å². The van der Waals surface area contributed by atoms with E-state index in [0.717, 1.165) is 0 Å². The van der Waals surface area contributed by atoms with Gasteiger partial charge in [-0.2, -0.15) is 8.78 Å². The Balaban J connectivity index is 2.45. The highest BCUT2D eigenvalue weighted by atomic mass is 79.9. The average Bonchev–Trinajstić information content (AvgIpc) is 2.41. The number of benzene rings is 1. The number of aromatic nitrogens is 1. The number of pyridine rings is 1. The smallest absolute Gasteiger partial charge is 0.387 e. The first-order chi connectivity index (χ1) is 9.09. The van der Waals surface area contributed by atoms with Gasteiger partial charge in [-0.3, -0.25) is 9.78 Å². The van der Waals surface area contributed by atoms with Crippen molar-refractivity contribution in [3.63, 3.8) is 0 Å². The number of hydrogen-bond acceptors (Lipinski definition) is 3. The minimum absolute atomic E-state index is 0.0580. The zero-order valence-corrected chi connectivity index (χ0v) is 11.1. The van der Waals surface area contributed by atoms with Crippen molar-refractivity contribution in [1.82, 2.24) is 4.98 Å². The molecular weight excluding hydrogens is 320 g/mol. The van der Waals surface area contributed by atoms with Crippen molar-refractivity contribution in [2.45, 2.75) is 6.61 Å². The molecule has 2 rings (SSSR count). The van der Waals surface area contributed by atoms with Gasteiger partial charge in [-0.15, -0.1) is 0 Å². The lowest BCUT2D eigenvalue weighted by molar-refractivity contribution is -0.0506. The molecule has 0 spiro atoms. The van der Waals surface area contributed by atoms with E-state index < -0.39 is 12.4 Å². The first kappa shape index (κ1) is 13.6. The molecular formula is C13H8BrF2NO2. The van der Waals surface area contributed by atoms with Crippen molar-refractivity contribution >= 4 is 21.7 Å². The fourth-order valence-electron chi connectivity index (χ4n) is 1.55. The molecule has 19 heavy (non-hydrogen) atoms. The van der Waals surface area contributed by atoms with E-state index >= 15 is 0 Å². The number of rotatable bonds is 4. The molecule has 0 N–H and O–H groups in total. The number of carbonyl (C=O) groups is 1. The van der Waals surface area contributed by atoms with Gasteiger partial charge in [0, 0.05) is 18.0 Å². The van der Waals surface area contributed by atoms with E-state index in [9.17, 15) is 13.6 Å². The van der Waals surface area contributed by atoms with Crippen LogP contribution < -0.4 is 4.74 Å². The molecule has 0 atom stereocenters. The summed E-state index contributed by atoms with van der Waals surface area (Å²) in [5.41, 5.74) is 0.363. The van der Waals surface area contributed by atoms with Crippen LogP contribution in [-0.2, 0) is 0 Å². The van der Waals surface area contributed by atoms with Gasteiger partial charge in [0.25, 0.3) is 0 Å². The summed E-state index contributed by atoms with van der Waals surface area (Å²) in [7, 11) is 0. The van der Waals surface area contributed by atoms with E-state index in [-0.39, 0.29) is 11.3 Å². The standard InChI is InChI=1S/C13H8BrF2NO2/c14-10-5-1-4-9(12(10)19-13(15)16)11(18)8-3-2-6-17-7-8/h1-7,13H. The van der Waals surface area contributed by atoms with E-state index in [4.69, 9.17) is 0 Å². The molecule has 2 aromatic rings. The van der Waals surface area contributed by atoms with Gasteiger partial charge in [-0.1, -0.05) is 6.07 Å². The highest BCUT2D eigenvalue weighted by Gasteiger charge is 2.19. The molecule has 1 heterocycles. The lowest BCUT2D eigenvalue weighted by atomic mass is 10.0. The highest BCUT2D eigenvalue weighted by Crippen LogP contribution is 2.31. The predicted octanol–water partition coefficient (Wildman–Crippen LogP) is 3.68. The van der Waals surface area contributed by atoms with Crippen molar-refractivity contribution in [2.75, 3.05) is 0 Å². The van der Waals surface area contributed by atoms with Gasteiger partial charge in [-0.25, -0.2) is 0 Å². The molecule has 3 nitrogen and oxygen atoms in total. The van der Waals surface area contributed by atoms with Crippen molar-refractivity contribution in [3.8, 4) is 5.75 Å². The summed E-state index contributed by atoms with van der Waals surface area (Å²) in [4.78, 5) is 16.0.